The summed E-state index contributed by atoms with van der Waals surface area (Å²) in [6.45, 7) is 1.97. The van der Waals surface area contributed by atoms with Crippen LogP contribution >= 0.6 is 11.8 Å². The standard InChI is InChI=1S/C13H13FN4O2S/c1-2-21-13-11(17-20-18-13)12(16-19)15-10-5-7-3-4-8(14)6-9(7)10/h3-4,6,10,19H,2,5H2,1H3,(H,15,16). The first-order chi connectivity index (χ1) is 10.2. The van der Waals surface area contributed by atoms with Crippen molar-refractivity contribution in [3.8, 4) is 0 Å². The molecular formula is C13H13FN4O2S. The van der Waals surface area contributed by atoms with Gasteiger partial charge in [0.15, 0.2) is 16.6 Å². The predicted octanol–water partition coefficient (Wildman–Crippen LogP) is 2.34. The summed E-state index contributed by atoms with van der Waals surface area (Å²) in [6.07, 6.45) is 0.697. The van der Waals surface area contributed by atoms with Crippen molar-refractivity contribution in [2.24, 2.45) is 4.99 Å². The number of hydroxylamine groups is 1. The molecule has 0 bridgehead atoms. The van der Waals surface area contributed by atoms with Crippen LogP contribution in [0.3, 0.4) is 0 Å². The summed E-state index contributed by atoms with van der Waals surface area (Å²) < 4.78 is 17.9. The molecule has 110 valence electrons. The van der Waals surface area contributed by atoms with Gasteiger partial charge in [-0.15, -0.1) is 11.8 Å². The number of benzene rings is 1. The van der Waals surface area contributed by atoms with Crippen LogP contribution < -0.4 is 5.48 Å². The van der Waals surface area contributed by atoms with Gasteiger partial charge in [0.05, 0.1) is 6.04 Å². The normalized spacial score (nSPS) is 17.3. The molecule has 2 aromatic rings. The number of rotatable bonds is 4. The van der Waals surface area contributed by atoms with Crippen LogP contribution in [0.1, 0.15) is 29.8 Å². The van der Waals surface area contributed by atoms with Gasteiger partial charge in [-0.3, -0.25) is 15.7 Å². The molecule has 1 atom stereocenters. The Balaban J connectivity index is 1.89. The largest absolute Gasteiger partial charge is 0.290 e. The number of halogens is 1. The molecule has 3 rings (SSSR count). The number of aliphatic imine (C=N–C) groups is 1. The number of amidine groups is 1. The van der Waals surface area contributed by atoms with Crippen molar-refractivity contribution in [3.63, 3.8) is 0 Å². The van der Waals surface area contributed by atoms with E-state index in [9.17, 15) is 9.60 Å². The van der Waals surface area contributed by atoms with Crippen LogP contribution in [0.5, 0.6) is 0 Å². The Bertz CT molecular complexity index is 689. The van der Waals surface area contributed by atoms with Gasteiger partial charge in [0.2, 0.25) is 0 Å². The first kappa shape index (κ1) is 14.0. The number of aromatic nitrogens is 2. The van der Waals surface area contributed by atoms with Gasteiger partial charge in [-0.1, -0.05) is 13.0 Å². The van der Waals surface area contributed by atoms with Crippen LogP contribution in [0.25, 0.3) is 0 Å². The van der Waals surface area contributed by atoms with E-state index in [1.165, 1.54) is 23.9 Å². The Labute approximate surface area is 124 Å². The quantitative estimate of drug-likeness (QED) is 0.390. The van der Waals surface area contributed by atoms with Crippen molar-refractivity contribution in [1.29, 1.82) is 0 Å². The van der Waals surface area contributed by atoms with Crippen LogP contribution in [-0.2, 0) is 6.42 Å². The highest BCUT2D eigenvalue weighted by atomic mass is 32.2. The highest BCUT2D eigenvalue weighted by molar-refractivity contribution is 7.99. The second kappa shape index (κ2) is 5.82. The van der Waals surface area contributed by atoms with Gasteiger partial charge in [0.25, 0.3) is 0 Å². The second-order valence-electron chi connectivity index (χ2n) is 4.50. The number of hydrogen-bond acceptors (Lipinski definition) is 6. The molecule has 0 fully saturated rings. The topological polar surface area (TPSA) is 83.5 Å². The van der Waals surface area contributed by atoms with Crippen molar-refractivity contribution >= 4 is 17.6 Å². The molecule has 0 aliphatic heterocycles. The van der Waals surface area contributed by atoms with E-state index in [-0.39, 0.29) is 17.7 Å². The lowest BCUT2D eigenvalue weighted by Crippen LogP contribution is -2.25. The van der Waals surface area contributed by atoms with Crippen LogP contribution in [0.4, 0.5) is 4.39 Å². The molecule has 2 N–H and O–H groups in total. The highest BCUT2D eigenvalue weighted by Crippen LogP contribution is 2.37. The fourth-order valence-corrected chi connectivity index (χ4v) is 2.85. The molecule has 0 spiro atoms. The maximum absolute atomic E-state index is 13.3. The Morgan fingerprint density at radius 1 is 1.57 bits per heavy atom. The molecule has 8 heteroatoms. The summed E-state index contributed by atoms with van der Waals surface area (Å²) in [7, 11) is 0. The van der Waals surface area contributed by atoms with Gasteiger partial charge in [0.1, 0.15) is 5.82 Å². The summed E-state index contributed by atoms with van der Waals surface area (Å²) in [4.78, 5) is 4.38. The van der Waals surface area contributed by atoms with Crippen LogP contribution in [0, 0.1) is 5.82 Å². The zero-order valence-electron chi connectivity index (χ0n) is 11.2. The smallest absolute Gasteiger partial charge is 0.185 e. The van der Waals surface area contributed by atoms with E-state index in [4.69, 9.17) is 4.63 Å². The molecule has 0 radical (unpaired) electrons. The van der Waals surface area contributed by atoms with Gasteiger partial charge in [-0.05, 0) is 45.7 Å². The minimum absolute atomic E-state index is 0.173. The molecule has 0 amide bonds. The van der Waals surface area contributed by atoms with Gasteiger partial charge >= 0.3 is 0 Å². The number of thioether (sulfide) groups is 1. The lowest BCUT2D eigenvalue weighted by Gasteiger charge is -2.27. The Hall–Kier alpha value is -1.93. The lowest BCUT2D eigenvalue weighted by molar-refractivity contribution is 0.232. The third-order valence-electron chi connectivity index (χ3n) is 3.23. The SMILES string of the molecule is CCSc1nonc1C(=NC1Cc2ccc(F)cc21)NO. The maximum Gasteiger partial charge on any atom is 0.185 e. The number of nitrogens with zero attached hydrogens (tertiary/aromatic N) is 3. The van der Waals surface area contributed by atoms with Crippen molar-refractivity contribution in [2.75, 3.05) is 5.75 Å². The average molecular weight is 308 g/mol. The van der Waals surface area contributed by atoms with Gasteiger partial charge in [-0.2, -0.15) is 0 Å². The fraction of sp³-hybridized carbons (Fsp3) is 0.308. The van der Waals surface area contributed by atoms with Crippen molar-refractivity contribution in [3.05, 3.63) is 40.8 Å². The third-order valence-corrected chi connectivity index (χ3v) is 4.06. The van der Waals surface area contributed by atoms with E-state index in [2.05, 4.69) is 15.3 Å². The molecule has 6 nitrogen and oxygen atoms in total. The molecule has 21 heavy (non-hydrogen) atoms. The van der Waals surface area contributed by atoms with Crippen LogP contribution in [-0.4, -0.2) is 27.1 Å². The Morgan fingerprint density at radius 2 is 2.43 bits per heavy atom. The van der Waals surface area contributed by atoms with E-state index in [0.717, 1.165) is 16.9 Å². The van der Waals surface area contributed by atoms with E-state index in [1.54, 1.807) is 6.07 Å². The fourth-order valence-electron chi connectivity index (χ4n) is 2.22. The Kier molecular flexibility index (Phi) is 3.89. The van der Waals surface area contributed by atoms with E-state index in [0.29, 0.717) is 17.1 Å². The number of hydrogen-bond donors (Lipinski definition) is 2. The van der Waals surface area contributed by atoms with Gasteiger partial charge < -0.3 is 0 Å². The number of nitrogens with one attached hydrogen (secondary N) is 1. The van der Waals surface area contributed by atoms with E-state index < -0.39 is 0 Å². The van der Waals surface area contributed by atoms with Crippen molar-refractivity contribution in [2.45, 2.75) is 24.4 Å². The first-order valence-corrected chi connectivity index (χ1v) is 7.43. The average Bonchev–Trinajstić information content (AvgIpc) is 2.91. The van der Waals surface area contributed by atoms with E-state index in [1.807, 2.05) is 12.4 Å². The summed E-state index contributed by atoms with van der Waals surface area (Å²) in [5.41, 5.74) is 4.27. The van der Waals surface area contributed by atoms with Crippen molar-refractivity contribution < 1.29 is 14.2 Å². The van der Waals surface area contributed by atoms with Crippen LogP contribution in [0.15, 0.2) is 32.8 Å². The molecule has 1 aliphatic carbocycles. The Morgan fingerprint density at radius 3 is 3.19 bits per heavy atom. The third kappa shape index (κ3) is 2.64. The van der Waals surface area contributed by atoms with Gasteiger partial charge in [-0.25, -0.2) is 9.02 Å². The van der Waals surface area contributed by atoms with Crippen molar-refractivity contribution in [1.82, 2.24) is 15.8 Å². The van der Waals surface area contributed by atoms with E-state index >= 15 is 0 Å². The highest BCUT2D eigenvalue weighted by Gasteiger charge is 2.28. The summed E-state index contributed by atoms with van der Waals surface area (Å²) in [5, 5.41) is 17.4. The zero-order chi connectivity index (χ0) is 14.8. The minimum atomic E-state index is -0.294. The molecule has 1 aromatic heterocycles. The summed E-state index contributed by atoms with van der Waals surface area (Å²) in [6, 6.07) is 4.44. The minimum Gasteiger partial charge on any atom is -0.290 e. The molecule has 1 unspecified atom stereocenters. The summed E-state index contributed by atoms with van der Waals surface area (Å²) >= 11 is 1.43. The van der Waals surface area contributed by atoms with Crippen LogP contribution in [0.2, 0.25) is 0 Å². The summed E-state index contributed by atoms with van der Waals surface area (Å²) in [5.74, 6) is 0.668. The molecule has 1 heterocycles. The monoisotopic (exact) mass is 308 g/mol. The zero-order valence-corrected chi connectivity index (χ0v) is 12.0. The first-order valence-electron chi connectivity index (χ1n) is 6.45. The lowest BCUT2D eigenvalue weighted by atomic mass is 9.83. The maximum atomic E-state index is 13.3. The van der Waals surface area contributed by atoms with Gasteiger partial charge in [0, 0.05) is 0 Å². The molecule has 0 saturated heterocycles. The number of fused-ring (bicyclic) bond motifs is 1. The molecule has 1 aromatic carbocycles. The second-order valence-corrected chi connectivity index (χ2v) is 5.76. The molecule has 1 aliphatic rings. The molecule has 0 saturated carbocycles. The molecular weight excluding hydrogens is 295 g/mol. The predicted molar refractivity (Wildman–Crippen MR) is 75.0 cm³/mol.